The Hall–Kier alpha value is -1.56. The molecule has 1 aliphatic carbocycles. The van der Waals surface area contributed by atoms with Crippen molar-refractivity contribution < 1.29 is 0 Å². The monoisotopic (exact) mass is 184 g/mol. The zero-order chi connectivity index (χ0) is 10.6. The molecule has 0 saturated carbocycles. The second-order valence-electron chi connectivity index (χ2n) is 3.33. The summed E-state index contributed by atoms with van der Waals surface area (Å²) in [4.78, 5) is 0. The predicted octanol–water partition coefficient (Wildman–Crippen LogP) is 4.12. The van der Waals surface area contributed by atoms with Crippen molar-refractivity contribution in [2.75, 3.05) is 0 Å². The summed E-state index contributed by atoms with van der Waals surface area (Å²) in [6, 6.07) is 0. The quantitative estimate of drug-likeness (QED) is 0.579. The van der Waals surface area contributed by atoms with Crippen LogP contribution in [0.1, 0.15) is 13.3 Å². The molecule has 0 N–H and O–H groups in total. The van der Waals surface area contributed by atoms with E-state index in [1.807, 2.05) is 18.2 Å². The summed E-state index contributed by atoms with van der Waals surface area (Å²) in [5.41, 5.74) is 4.99. The summed E-state index contributed by atoms with van der Waals surface area (Å²) in [6.45, 7) is 13.5. The van der Waals surface area contributed by atoms with Crippen molar-refractivity contribution in [1.29, 1.82) is 0 Å². The summed E-state index contributed by atoms with van der Waals surface area (Å²) in [7, 11) is 0. The zero-order valence-electron chi connectivity index (χ0n) is 8.72. The van der Waals surface area contributed by atoms with Crippen LogP contribution in [0, 0.1) is 0 Å². The average molecular weight is 184 g/mol. The molecule has 0 aromatic carbocycles. The molecule has 1 rings (SSSR count). The van der Waals surface area contributed by atoms with Crippen LogP contribution in [0.4, 0.5) is 0 Å². The summed E-state index contributed by atoms with van der Waals surface area (Å²) >= 11 is 0. The van der Waals surface area contributed by atoms with Crippen molar-refractivity contribution in [3.8, 4) is 0 Å². The largest absolute Gasteiger partial charge is 0.0991 e. The van der Waals surface area contributed by atoms with E-state index in [0.29, 0.717) is 0 Å². The maximum atomic E-state index is 4.06. The molecule has 0 unspecified atom stereocenters. The summed E-state index contributed by atoms with van der Waals surface area (Å²) in [5, 5.41) is 0. The molecule has 0 spiro atoms. The van der Waals surface area contributed by atoms with E-state index in [4.69, 9.17) is 0 Å². The molecule has 0 amide bonds. The van der Waals surface area contributed by atoms with Gasteiger partial charge in [0.25, 0.3) is 0 Å². The van der Waals surface area contributed by atoms with Gasteiger partial charge in [0.15, 0.2) is 0 Å². The fraction of sp³-hybridized carbons (Fsp3) is 0.143. The SMILES string of the molecule is C=C/C=C\C1=C(C)C(=C)/C(=C\C=C)C1. The Balaban J connectivity index is 2.95. The minimum atomic E-state index is 0.959. The fourth-order valence-electron chi connectivity index (χ4n) is 1.55. The van der Waals surface area contributed by atoms with Gasteiger partial charge >= 0.3 is 0 Å². The van der Waals surface area contributed by atoms with E-state index in [2.05, 4.69) is 32.7 Å². The van der Waals surface area contributed by atoms with Gasteiger partial charge in [0.2, 0.25) is 0 Å². The van der Waals surface area contributed by atoms with Crippen LogP contribution in [-0.2, 0) is 0 Å². The van der Waals surface area contributed by atoms with Gasteiger partial charge in [-0.3, -0.25) is 0 Å². The fourth-order valence-corrected chi connectivity index (χ4v) is 1.55. The second-order valence-corrected chi connectivity index (χ2v) is 3.33. The Bertz CT molecular complexity index is 359. The Kier molecular flexibility index (Phi) is 3.47. The minimum Gasteiger partial charge on any atom is -0.0991 e. The smallest absolute Gasteiger partial charge is 0.00171 e. The molecule has 0 bridgehead atoms. The van der Waals surface area contributed by atoms with Gasteiger partial charge in [0.1, 0.15) is 0 Å². The van der Waals surface area contributed by atoms with E-state index >= 15 is 0 Å². The summed E-state index contributed by atoms with van der Waals surface area (Å²) in [6.07, 6.45) is 10.6. The Morgan fingerprint density at radius 2 is 1.93 bits per heavy atom. The molecule has 0 atom stereocenters. The lowest BCUT2D eigenvalue weighted by molar-refractivity contribution is 1.25. The third-order valence-corrected chi connectivity index (χ3v) is 2.46. The first kappa shape index (κ1) is 10.5. The van der Waals surface area contributed by atoms with Gasteiger partial charge in [0.05, 0.1) is 0 Å². The van der Waals surface area contributed by atoms with Crippen molar-refractivity contribution in [2.24, 2.45) is 0 Å². The molecule has 14 heavy (non-hydrogen) atoms. The Morgan fingerprint density at radius 3 is 2.50 bits per heavy atom. The van der Waals surface area contributed by atoms with Gasteiger partial charge in [0, 0.05) is 0 Å². The standard InChI is InChI=1S/C14H16/c1-5-7-9-14-10-13(8-6-2)11(3)12(14)4/h5-9H,1-3,10H2,4H3/b9-7-,13-8-. The Labute approximate surface area is 86.3 Å². The van der Waals surface area contributed by atoms with Gasteiger partial charge < -0.3 is 0 Å². The van der Waals surface area contributed by atoms with Crippen LogP contribution < -0.4 is 0 Å². The molecule has 72 valence electrons. The van der Waals surface area contributed by atoms with Crippen LogP contribution in [0.25, 0.3) is 0 Å². The maximum absolute atomic E-state index is 4.06. The van der Waals surface area contributed by atoms with E-state index in [1.54, 1.807) is 6.08 Å². The summed E-state index contributed by atoms with van der Waals surface area (Å²) in [5.74, 6) is 0. The highest BCUT2D eigenvalue weighted by molar-refractivity contribution is 5.58. The lowest BCUT2D eigenvalue weighted by Crippen LogP contribution is -1.78. The molecule has 0 aliphatic heterocycles. The molecule has 0 aromatic rings. The van der Waals surface area contributed by atoms with Gasteiger partial charge in [-0.2, -0.15) is 0 Å². The van der Waals surface area contributed by atoms with Gasteiger partial charge in [-0.05, 0) is 35.6 Å². The topological polar surface area (TPSA) is 0 Å². The van der Waals surface area contributed by atoms with Gasteiger partial charge in [-0.1, -0.05) is 50.1 Å². The molecule has 0 heteroatoms. The zero-order valence-corrected chi connectivity index (χ0v) is 8.72. The second kappa shape index (κ2) is 4.61. The van der Waals surface area contributed by atoms with Crippen molar-refractivity contribution >= 4 is 0 Å². The van der Waals surface area contributed by atoms with E-state index in [0.717, 1.165) is 12.0 Å². The van der Waals surface area contributed by atoms with E-state index in [9.17, 15) is 0 Å². The maximum Gasteiger partial charge on any atom is -0.00171 e. The van der Waals surface area contributed by atoms with Crippen LogP contribution >= 0.6 is 0 Å². The van der Waals surface area contributed by atoms with Gasteiger partial charge in [-0.15, -0.1) is 0 Å². The highest BCUT2D eigenvalue weighted by atomic mass is 14.2. The molecular weight excluding hydrogens is 168 g/mol. The molecular formula is C14H16. The number of rotatable bonds is 3. The number of hydrogen-bond acceptors (Lipinski definition) is 0. The lowest BCUT2D eigenvalue weighted by atomic mass is 10.1. The van der Waals surface area contributed by atoms with Crippen LogP contribution in [-0.4, -0.2) is 0 Å². The normalized spacial score (nSPS) is 19.8. The van der Waals surface area contributed by atoms with E-state index < -0.39 is 0 Å². The van der Waals surface area contributed by atoms with Crippen molar-refractivity contribution in [3.63, 3.8) is 0 Å². The van der Waals surface area contributed by atoms with Gasteiger partial charge in [-0.25, -0.2) is 0 Å². The van der Waals surface area contributed by atoms with Crippen molar-refractivity contribution in [2.45, 2.75) is 13.3 Å². The summed E-state index contributed by atoms with van der Waals surface area (Å²) < 4.78 is 0. The molecule has 1 aliphatic rings. The van der Waals surface area contributed by atoms with Crippen molar-refractivity contribution in [1.82, 2.24) is 0 Å². The van der Waals surface area contributed by atoms with Crippen LogP contribution in [0.3, 0.4) is 0 Å². The number of allylic oxidation sites excluding steroid dienone is 9. The lowest BCUT2D eigenvalue weighted by Gasteiger charge is -1.97. The van der Waals surface area contributed by atoms with Crippen molar-refractivity contribution in [3.05, 3.63) is 72.4 Å². The van der Waals surface area contributed by atoms with Crippen LogP contribution in [0.15, 0.2) is 72.4 Å². The highest BCUT2D eigenvalue weighted by Crippen LogP contribution is 2.35. The number of hydrogen-bond donors (Lipinski definition) is 0. The first-order valence-corrected chi connectivity index (χ1v) is 4.70. The first-order chi connectivity index (χ1) is 6.70. The predicted molar refractivity (Wildman–Crippen MR) is 64.1 cm³/mol. The minimum absolute atomic E-state index is 0.959. The van der Waals surface area contributed by atoms with E-state index in [1.165, 1.54) is 16.7 Å². The molecule has 0 radical (unpaired) electrons. The molecule has 0 nitrogen and oxygen atoms in total. The molecule has 0 aromatic heterocycles. The Morgan fingerprint density at radius 1 is 1.21 bits per heavy atom. The third-order valence-electron chi connectivity index (χ3n) is 2.46. The molecule has 0 heterocycles. The van der Waals surface area contributed by atoms with Crippen LogP contribution in [0.2, 0.25) is 0 Å². The van der Waals surface area contributed by atoms with E-state index in [-0.39, 0.29) is 0 Å². The molecule has 0 saturated heterocycles. The van der Waals surface area contributed by atoms with Crippen LogP contribution in [0.5, 0.6) is 0 Å². The molecule has 0 fully saturated rings. The third kappa shape index (κ3) is 2.02. The average Bonchev–Trinajstić information content (AvgIpc) is 2.44. The first-order valence-electron chi connectivity index (χ1n) is 4.70. The highest BCUT2D eigenvalue weighted by Gasteiger charge is 2.16.